The van der Waals surface area contributed by atoms with Crippen LogP contribution in [-0.4, -0.2) is 50.0 Å². The molecule has 17 heavy (non-hydrogen) atoms. The standard InChI is InChI=1S/C12H24N2O2S/c1-10-9-17(15,16)7-6-14(10)8-11-2-4-12(13)5-3-11/h10-12H,2-9,13H2,1H3. The van der Waals surface area contributed by atoms with Crippen LogP contribution in [-0.2, 0) is 9.84 Å². The van der Waals surface area contributed by atoms with E-state index in [0.717, 1.165) is 25.3 Å². The Labute approximate surface area is 104 Å². The number of hydrogen-bond acceptors (Lipinski definition) is 4. The zero-order valence-corrected chi connectivity index (χ0v) is 11.5. The van der Waals surface area contributed by atoms with Gasteiger partial charge in [0.25, 0.3) is 0 Å². The molecule has 1 atom stereocenters. The van der Waals surface area contributed by atoms with Crippen molar-refractivity contribution in [3.63, 3.8) is 0 Å². The second kappa shape index (κ2) is 5.24. The first kappa shape index (κ1) is 13.3. The van der Waals surface area contributed by atoms with Crippen molar-refractivity contribution in [1.29, 1.82) is 0 Å². The van der Waals surface area contributed by atoms with Crippen LogP contribution in [0.15, 0.2) is 0 Å². The van der Waals surface area contributed by atoms with Crippen molar-refractivity contribution in [1.82, 2.24) is 4.90 Å². The van der Waals surface area contributed by atoms with E-state index in [1.807, 2.05) is 6.92 Å². The molecule has 2 rings (SSSR count). The Balaban J connectivity index is 1.83. The molecule has 1 aliphatic heterocycles. The summed E-state index contributed by atoms with van der Waals surface area (Å²) in [7, 11) is -2.78. The van der Waals surface area contributed by atoms with Gasteiger partial charge < -0.3 is 5.73 Å². The third-order valence-electron chi connectivity index (χ3n) is 4.19. The summed E-state index contributed by atoms with van der Waals surface area (Å²) in [5, 5.41) is 0. The molecule has 100 valence electrons. The number of nitrogens with zero attached hydrogens (tertiary/aromatic N) is 1. The number of nitrogens with two attached hydrogens (primary N) is 1. The predicted octanol–water partition coefficient (Wildman–Crippen LogP) is 0.623. The summed E-state index contributed by atoms with van der Waals surface area (Å²) in [5.74, 6) is 1.39. The summed E-state index contributed by atoms with van der Waals surface area (Å²) >= 11 is 0. The fourth-order valence-electron chi connectivity index (χ4n) is 3.01. The van der Waals surface area contributed by atoms with E-state index in [1.165, 1.54) is 12.8 Å². The fourth-order valence-corrected chi connectivity index (χ4v) is 4.63. The molecule has 0 aromatic heterocycles. The molecule has 1 unspecified atom stereocenters. The van der Waals surface area contributed by atoms with E-state index in [0.29, 0.717) is 24.1 Å². The highest BCUT2D eigenvalue weighted by Gasteiger charge is 2.30. The van der Waals surface area contributed by atoms with Crippen molar-refractivity contribution in [2.24, 2.45) is 11.7 Å². The lowest BCUT2D eigenvalue weighted by Gasteiger charge is -2.37. The van der Waals surface area contributed by atoms with Gasteiger partial charge in [0.1, 0.15) is 0 Å². The number of sulfone groups is 1. The highest BCUT2D eigenvalue weighted by molar-refractivity contribution is 7.91. The lowest BCUT2D eigenvalue weighted by atomic mass is 9.86. The lowest BCUT2D eigenvalue weighted by molar-refractivity contribution is 0.165. The zero-order valence-electron chi connectivity index (χ0n) is 10.6. The maximum absolute atomic E-state index is 11.5. The van der Waals surface area contributed by atoms with Crippen LogP contribution in [0, 0.1) is 5.92 Å². The molecule has 4 nitrogen and oxygen atoms in total. The normalized spacial score (nSPS) is 39.1. The largest absolute Gasteiger partial charge is 0.328 e. The van der Waals surface area contributed by atoms with E-state index in [2.05, 4.69) is 4.90 Å². The van der Waals surface area contributed by atoms with Gasteiger partial charge >= 0.3 is 0 Å². The predicted molar refractivity (Wildman–Crippen MR) is 69.6 cm³/mol. The van der Waals surface area contributed by atoms with Gasteiger partial charge in [0.05, 0.1) is 11.5 Å². The maximum atomic E-state index is 11.5. The first-order valence-corrected chi connectivity index (χ1v) is 8.48. The fraction of sp³-hybridized carbons (Fsp3) is 1.00. The van der Waals surface area contributed by atoms with Crippen molar-refractivity contribution in [3.8, 4) is 0 Å². The minimum Gasteiger partial charge on any atom is -0.328 e. The van der Waals surface area contributed by atoms with Crippen molar-refractivity contribution >= 4 is 9.84 Å². The molecule has 5 heteroatoms. The van der Waals surface area contributed by atoms with Crippen molar-refractivity contribution in [3.05, 3.63) is 0 Å². The summed E-state index contributed by atoms with van der Waals surface area (Å²) in [6.45, 7) is 3.81. The third kappa shape index (κ3) is 3.66. The van der Waals surface area contributed by atoms with Gasteiger partial charge in [-0.2, -0.15) is 0 Å². The topological polar surface area (TPSA) is 63.4 Å². The molecule has 0 aromatic rings. The lowest BCUT2D eigenvalue weighted by Crippen LogP contribution is -2.49. The van der Waals surface area contributed by atoms with Gasteiger partial charge in [-0.05, 0) is 38.5 Å². The Morgan fingerprint density at radius 1 is 1.24 bits per heavy atom. The van der Waals surface area contributed by atoms with Crippen LogP contribution in [0.1, 0.15) is 32.6 Å². The molecule has 1 heterocycles. The van der Waals surface area contributed by atoms with Gasteiger partial charge in [0, 0.05) is 25.2 Å². The highest BCUT2D eigenvalue weighted by atomic mass is 32.2. The summed E-state index contributed by atoms with van der Waals surface area (Å²) < 4.78 is 23.0. The number of rotatable bonds is 2. The molecule has 0 amide bonds. The van der Waals surface area contributed by atoms with Crippen LogP contribution < -0.4 is 5.73 Å². The van der Waals surface area contributed by atoms with Gasteiger partial charge in [0.2, 0.25) is 0 Å². The smallest absolute Gasteiger partial charge is 0.153 e. The minimum absolute atomic E-state index is 0.185. The van der Waals surface area contributed by atoms with Gasteiger partial charge in [-0.25, -0.2) is 8.42 Å². The Bertz CT molecular complexity index is 348. The Morgan fingerprint density at radius 2 is 1.88 bits per heavy atom. The second-order valence-corrected chi connectivity index (χ2v) is 7.97. The molecule has 0 bridgehead atoms. The van der Waals surface area contributed by atoms with Gasteiger partial charge in [-0.1, -0.05) is 0 Å². The first-order valence-electron chi connectivity index (χ1n) is 6.66. The average molecular weight is 260 g/mol. The molecule has 1 saturated heterocycles. The molecule has 1 saturated carbocycles. The summed E-state index contributed by atoms with van der Waals surface area (Å²) in [6, 6.07) is 0.578. The Morgan fingerprint density at radius 3 is 2.47 bits per heavy atom. The molecular formula is C12H24N2O2S. The van der Waals surface area contributed by atoms with E-state index in [9.17, 15) is 8.42 Å². The molecule has 2 N–H and O–H groups in total. The second-order valence-electron chi connectivity index (χ2n) is 5.74. The number of hydrogen-bond donors (Lipinski definition) is 1. The summed E-state index contributed by atoms with van der Waals surface area (Å²) in [4.78, 5) is 2.35. The quantitative estimate of drug-likeness (QED) is 0.791. The van der Waals surface area contributed by atoms with E-state index >= 15 is 0 Å². The molecule has 0 aromatic carbocycles. The summed E-state index contributed by atoms with van der Waals surface area (Å²) in [5.41, 5.74) is 5.90. The van der Waals surface area contributed by atoms with Gasteiger partial charge in [0.15, 0.2) is 9.84 Å². The molecule has 2 fully saturated rings. The molecule has 1 aliphatic carbocycles. The monoisotopic (exact) mass is 260 g/mol. The Kier molecular flexibility index (Phi) is 4.10. The summed E-state index contributed by atoms with van der Waals surface area (Å²) in [6.07, 6.45) is 4.67. The maximum Gasteiger partial charge on any atom is 0.153 e. The van der Waals surface area contributed by atoms with Crippen LogP contribution in [0.5, 0.6) is 0 Å². The van der Waals surface area contributed by atoms with Crippen LogP contribution in [0.2, 0.25) is 0 Å². The minimum atomic E-state index is -2.78. The van der Waals surface area contributed by atoms with Crippen molar-refractivity contribution in [2.75, 3.05) is 24.6 Å². The van der Waals surface area contributed by atoms with E-state index in [-0.39, 0.29) is 6.04 Å². The van der Waals surface area contributed by atoms with Gasteiger partial charge in [-0.3, -0.25) is 4.90 Å². The van der Waals surface area contributed by atoms with E-state index in [4.69, 9.17) is 5.73 Å². The molecular weight excluding hydrogens is 236 g/mol. The zero-order chi connectivity index (χ0) is 12.5. The van der Waals surface area contributed by atoms with Crippen LogP contribution in [0.25, 0.3) is 0 Å². The highest BCUT2D eigenvalue weighted by Crippen LogP contribution is 2.25. The molecule has 0 spiro atoms. The van der Waals surface area contributed by atoms with Crippen LogP contribution >= 0.6 is 0 Å². The van der Waals surface area contributed by atoms with Crippen LogP contribution in [0.3, 0.4) is 0 Å². The van der Waals surface area contributed by atoms with E-state index in [1.54, 1.807) is 0 Å². The molecule has 0 radical (unpaired) electrons. The van der Waals surface area contributed by atoms with Crippen LogP contribution in [0.4, 0.5) is 0 Å². The molecule has 2 aliphatic rings. The Hall–Kier alpha value is -0.130. The van der Waals surface area contributed by atoms with Gasteiger partial charge in [-0.15, -0.1) is 0 Å². The van der Waals surface area contributed by atoms with Crippen molar-refractivity contribution < 1.29 is 8.42 Å². The van der Waals surface area contributed by atoms with Crippen molar-refractivity contribution in [2.45, 2.75) is 44.7 Å². The van der Waals surface area contributed by atoms with E-state index < -0.39 is 9.84 Å². The third-order valence-corrected chi connectivity index (χ3v) is 5.99. The SMILES string of the molecule is CC1CS(=O)(=O)CCN1CC1CCC(N)CC1. The first-order chi connectivity index (χ1) is 7.96. The average Bonchev–Trinajstić information content (AvgIpc) is 2.24.